The molecular formula is C14H24O. The number of hydrogen-bond donors (Lipinski definition) is 0. The van der Waals surface area contributed by atoms with Crippen LogP contribution in [0.1, 0.15) is 65.2 Å². The van der Waals surface area contributed by atoms with Crippen LogP contribution in [0, 0.1) is 5.92 Å². The first-order valence-corrected chi connectivity index (χ1v) is 6.41. The van der Waals surface area contributed by atoms with Crippen molar-refractivity contribution in [3.63, 3.8) is 0 Å². The molecule has 1 aliphatic carbocycles. The molecule has 1 nitrogen and oxygen atoms in total. The van der Waals surface area contributed by atoms with E-state index in [0.29, 0.717) is 12.2 Å². The Morgan fingerprint density at radius 2 is 2.00 bits per heavy atom. The van der Waals surface area contributed by atoms with Crippen molar-refractivity contribution in [2.75, 3.05) is 0 Å². The predicted octanol–water partition coefficient (Wildman–Crippen LogP) is 4.27. The van der Waals surface area contributed by atoms with Gasteiger partial charge < -0.3 is 0 Å². The Morgan fingerprint density at radius 1 is 1.33 bits per heavy atom. The van der Waals surface area contributed by atoms with Crippen molar-refractivity contribution in [3.8, 4) is 0 Å². The maximum Gasteiger partial charge on any atom is 0.133 e. The van der Waals surface area contributed by atoms with Gasteiger partial charge in [-0.1, -0.05) is 37.8 Å². The third-order valence-corrected chi connectivity index (χ3v) is 3.20. The van der Waals surface area contributed by atoms with E-state index in [1.54, 1.807) is 6.92 Å². The molecule has 0 amide bonds. The molecule has 0 spiro atoms. The highest BCUT2D eigenvalue weighted by atomic mass is 16.1. The van der Waals surface area contributed by atoms with Crippen LogP contribution in [0.2, 0.25) is 0 Å². The van der Waals surface area contributed by atoms with Gasteiger partial charge in [0.15, 0.2) is 0 Å². The van der Waals surface area contributed by atoms with Crippen molar-refractivity contribution >= 4 is 5.78 Å². The fraction of sp³-hybridized carbons (Fsp3) is 0.786. The van der Waals surface area contributed by atoms with Gasteiger partial charge in [0.2, 0.25) is 0 Å². The molecule has 1 rings (SSSR count). The zero-order valence-electron chi connectivity index (χ0n) is 10.2. The number of allylic oxidation sites excluding steroid dienone is 2. The summed E-state index contributed by atoms with van der Waals surface area (Å²) in [6.45, 7) is 3.91. The van der Waals surface area contributed by atoms with Crippen molar-refractivity contribution in [1.82, 2.24) is 0 Å². The molecule has 0 aliphatic heterocycles. The predicted molar refractivity (Wildman–Crippen MR) is 64.9 cm³/mol. The molecule has 0 saturated heterocycles. The summed E-state index contributed by atoms with van der Waals surface area (Å²) in [7, 11) is 0. The number of hydrogen-bond acceptors (Lipinski definition) is 1. The largest absolute Gasteiger partial charge is 0.300 e. The van der Waals surface area contributed by atoms with Crippen LogP contribution in [-0.2, 0) is 4.79 Å². The van der Waals surface area contributed by atoms with E-state index < -0.39 is 0 Å². The van der Waals surface area contributed by atoms with Crippen LogP contribution in [0.25, 0.3) is 0 Å². The van der Waals surface area contributed by atoms with Gasteiger partial charge in [-0.15, -0.1) is 0 Å². The second-order valence-electron chi connectivity index (χ2n) is 4.85. The van der Waals surface area contributed by atoms with Crippen LogP contribution in [0.3, 0.4) is 0 Å². The molecule has 1 fully saturated rings. The first-order valence-electron chi connectivity index (χ1n) is 6.41. The summed E-state index contributed by atoms with van der Waals surface area (Å²) in [6, 6.07) is 0. The molecule has 0 bridgehead atoms. The number of carbonyl (C=O) groups excluding carboxylic acids is 1. The lowest BCUT2D eigenvalue weighted by Gasteiger charge is -2.08. The fourth-order valence-corrected chi connectivity index (χ4v) is 2.41. The van der Waals surface area contributed by atoms with Gasteiger partial charge in [-0.2, -0.15) is 0 Å². The minimum Gasteiger partial charge on any atom is -0.300 e. The minimum absolute atomic E-state index is 0.315. The summed E-state index contributed by atoms with van der Waals surface area (Å²) in [5.41, 5.74) is 1.40. The van der Waals surface area contributed by atoms with Gasteiger partial charge in [-0.25, -0.2) is 0 Å². The average Bonchev–Trinajstić information content (AvgIpc) is 2.66. The Kier molecular flexibility index (Phi) is 5.67. The smallest absolute Gasteiger partial charge is 0.133 e. The van der Waals surface area contributed by atoms with E-state index in [4.69, 9.17) is 0 Å². The highest BCUT2D eigenvalue weighted by molar-refractivity contribution is 5.78. The van der Waals surface area contributed by atoms with Gasteiger partial charge in [0.1, 0.15) is 5.78 Å². The molecular weight excluding hydrogens is 184 g/mol. The van der Waals surface area contributed by atoms with E-state index in [-0.39, 0.29) is 0 Å². The van der Waals surface area contributed by atoms with Crippen LogP contribution in [0.5, 0.6) is 0 Å². The van der Waals surface area contributed by atoms with E-state index in [1.807, 2.05) is 0 Å². The number of rotatable bonds is 6. The zero-order valence-corrected chi connectivity index (χ0v) is 10.2. The number of carbonyl (C=O) groups is 1. The molecule has 0 aromatic carbocycles. The Hall–Kier alpha value is -0.590. The summed E-state index contributed by atoms with van der Waals surface area (Å²) in [5.74, 6) is 1.09. The van der Waals surface area contributed by atoms with Gasteiger partial charge in [0, 0.05) is 6.42 Å². The molecule has 0 radical (unpaired) electrons. The first kappa shape index (κ1) is 12.5. The Balaban J connectivity index is 2.48. The average molecular weight is 208 g/mol. The number of unbranched alkanes of at least 4 members (excludes halogenated alkanes) is 1. The van der Waals surface area contributed by atoms with Crippen LogP contribution in [0.15, 0.2) is 11.6 Å². The second kappa shape index (κ2) is 6.81. The Labute approximate surface area is 93.9 Å². The fourth-order valence-electron chi connectivity index (χ4n) is 2.41. The summed E-state index contributed by atoms with van der Waals surface area (Å²) in [4.78, 5) is 11.2. The zero-order chi connectivity index (χ0) is 11.1. The van der Waals surface area contributed by atoms with E-state index in [0.717, 1.165) is 12.3 Å². The molecule has 0 atom stereocenters. The van der Waals surface area contributed by atoms with Gasteiger partial charge in [-0.05, 0) is 38.5 Å². The lowest BCUT2D eigenvalue weighted by Crippen LogP contribution is -1.98. The molecule has 86 valence electrons. The van der Waals surface area contributed by atoms with Crippen molar-refractivity contribution in [2.45, 2.75) is 65.2 Å². The summed E-state index contributed by atoms with van der Waals surface area (Å²) in [5, 5.41) is 0. The highest BCUT2D eigenvalue weighted by Crippen LogP contribution is 2.28. The molecule has 0 heterocycles. The Bertz CT molecular complexity index is 221. The lowest BCUT2D eigenvalue weighted by molar-refractivity contribution is -0.116. The van der Waals surface area contributed by atoms with Crippen molar-refractivity contribution < 1.29 is 4.79 Å². The third-order valence-electron chi connectivity index (χ3n) is 3.20. The van der Waals surface area contributed by atoms with E-state index >= 15 is 0 Å². The normalized spacial score (nSPS) is 18.4. The van der Waals surface area contributed by atoms with Gasteiger partial charge in [0.25, 0.3) is 0 Å². The molecule has 1 heteroatoms. The molecule has 1 saturated carbocycles. The third kappa shape index (κ3) is 5.15. The van der Waals surface area contributed by atoms with Crippen molar-refractivity contribution in [1.29, 1.82) is 0 Å². The van der Waals surface area contributed by atoms with Crippen molar-refractivity contribution in [3.05, 3.63) is 11.6 Å². The molecule has 0 aromatic heterocycles. The molecule has 1 aliphatic rings. The van der Waals surface area contributed by atoms with Crippen LogP contribution >= 0.6 is 0 Å². The van der Waals surface area contributed by atoms with E-state index in [9.17, 15) is 4.79 Å². The first-order chi connectivity index (χ1) is 7.22. The van der Waals surface area contributed by atoms with Gasteiger partial charge in [0.05, 0.1) is 0 Å². The molecule has 0 N–H and O–H groups in total. The van der Waals surface area contributed by atoms with E-state index in [2.05, 4.69) is 13.0 Å². The van der Waals surface area contributed by atoms with Gasteiger partial charge >= 0.3 is 0 Å². The quantitative estimate of drug-likeness (QED) is 0.596. The topological polar surface area (TPSA) is 17.1 Å². The van der Waals surface area contributed by atoms with Crippen molar-refractivity contribution in [2.24, 2.45) is 5.92 Å². The molecule has 0 unspecified atom stereocenters. The number of Topliss-reactive ketones (excluding diaryl/α,β-unsaturated/α-hetero) is 1. The summed E-state index contributed by atoms with van der Waals surface area (Å²) < 4.78 is 0. The SMILES string of the molecule is CCCCC(=CC1CCCC1)CC(C)=O. The number of ketones is 1. The molecule has 0 aromatic rings. The van der Waals surface area contributed by atoms with Gasteiger partial charge in [-0.3, -0.25) is 4.79 Å². The minimum atomic E-state index is 0.315. The standard InChI is InChI=1S/C14H24O/c1-3-4-7-14(10-12(2)15)11-13-8-5-6-9-13/h11,13H,3-10H2,1-2H3. The maximum absolute atomic E-state index is 11.2. The lowest BCUT2D eigenvalue weighted by atomic mass is 9.97. The summed E-state index contributed by atoms with van der Waals surface area (Å²) in [6.07, 6.45) is 12.1. The van der Waals surface area contributed by atoms with E-state index in [1.165, 1.54) is 44.1 Å². The highest BCUT2D eigenvalue weighted by Gasteiger charge is 2.13. The van der Waals surface area contributed by atoms with Crippen LogP contribution in [-0.4, -0.2) is 5.78 Å². The second-order valence-corrected chi connectivity index (χ2v) is 4.85. The Morgan fingerprint density at radius 3 is 2.53 bits per heavy atom. The van der Waals surface area contributed by atoms with Crippen LogP contribution in [0.4, 0.5) is 0 Å². The van der Waals surface area contributed by atoms with Crippen LogP contribution < -0.4 is 0 Å². The summed E-state index contributed by atoms with van der Waals surface area (Å²) >= 11 is 0. The molecule has 15 heavy (non-hydrogen) atoms. The maximum atomic E-state index is 11.2. The monoisotopic (exact) mass is 208 g/mol.